The number of halogens is 1. The summed E-state index contributed by atoms with van der Waals surface area (Å²) in [4.78, 5) is 14.4. The second kappa shape index (κ2) is 8.99. The van der Waals surface area contributed by atoms with Gasteiger partial charge in [-0.1, -0.05) is 34.1 Å². The van der Waals surface area contributed by atoms with E-state index in [2.05, 4.69) is 26.1 Å². The molecule has 0 spiro atoms. The summed E-state index contributed by atoms with van der Waals surface area (Å²) in [6, 6.07) is 15.3. The summed E-state index contributed by atoms with van der Waals surface area (Å²) < 4.78 is 12.1. The van der Waals surface area contributed by atoms with E-state index in [1.165, 1.54) is 0 Å². The van der Waals surface area contributed by atoms with E-state index in [1.54, 1.807) is 0 Å². The molecule has 1 amide bonds. The number of benzene rings is 2. The van der Waals surface area contributed by atoms with Crippen molar-refractivity contribution in [3.8, 4) is 5.75 Å². The van der Waals surface area contributed by atoms with Gasteiger partial charge in [0, 0.05) is 35.4 Å². The van der Waals surface area contributed by atoms with Gasteiger partial charge in [0.05, 0.1) is 13.2 Å². The lowest BCUT2D eigenvalue weighted by Gasteiger charge is -2.27. The van der Waals surface area contributed by atoms with Gasteiger partial charge in [0.1, 0.15) is 5.75 Å². The fourth-order valence-electron chi connectivity index (χ4n) is 2.65. The smallest absolute Gasteiger partial charge is 0.262 e. The van der Waals surface area contributed by atoms with Crippen LogP contribution in [-0.2, 0) is 16.1 Å². The summed E-state index contributed by atoms with van der Waals surface area (Å²) in [6.45, 7) is 4.14. The van der Waals surface area contributed by atoms with Gasteiger partial charge in [-0.2, -0.15) is 0 Å². The Hall–Kier alpha value is -1.89. The van der Waals surface area contributed by atoms with Gasteiger partial charge < -0.3 is 14.8 Å². The van der Waals surface area contributed by atoms with Gasteiger partial charge in [-0.05, 0) is 30.3 Å². The lowest BCUT2D eigenvalue weighted by atomic mass is 10.2. The number of anilines is 1. The molecule has 1 fully saturated rings. The highest BCUT2D eigenvalue weighted by atomic mass is 79.9. The van der Waals surface area contributed by atoms with E-state index in [4.69, 9.17) is 9.47 Å². The van der Waals surface area contributed by atoms with E-state index in [9.17, 15) is 4.79 Å². The summed E-state index contributed by atoms with van der Waals surface area (Å²) >= 11 is 3.37. The molecule has 5 nitrogen and oxygen atoms in total. The van der Waals surface area contributed by atoms with E-state index in [0.717, 1.165) is 54.3 Å². The third-order valence-electron chi connectivity index (χ3n) is 3.96. The number of rotatable bonds is 6. The fourth-order valence-corrected chi connectivity index (χ4v) is 2.91. The minimum Gasteiger partial charge on any atom is -0.483 e. The molecule has 3 rings (SSSR count). The lowest BCUT2D eigenvalue weighted by molar-refractivity contribution is -0.118. The van der Waals surface area contributed by atoms with Crippen LogP contribution in [0.15, 0.2) is 53.0 Å². The van der Waals surface area contributed by atoms with Gasteiger partial charge in [0.15, 0.2) is 6.61 Å². The van der Waals surface area contributed by atoms with Crippen LogP contribution in [0.25, 0.3) is 0 Å². The number of hydrogen-bond donors (Lipinski definition) is 1. The molecule has 1 aliphatic heterocycles. The first kappa shape index (κ1) is 17.9. The van der Waals surface area contributed by atoms with Gasteiger partial charge in [-0.3, -0.25) is 9.69 Å². The molecule has 1 N–H and O–H groups in total. The molecule has 1 saturated heterocycles. The Labute approximate surface area is 156 Å². The maximum Gasteiger partial charge on any atom is 0.262 e. The van der Waals surface area contributed by atoms with Crippen molar-refractivity contribution in [3.63, 3.8) is 0 Å². The quantitative estimate of drug-likeness (QED) is 0.802. The zero-order valence-corrected chi connectivity index (χ0v) is 15.5. The number of para-hydroxylation sites is 1. The average Bonchev–Trinajstić information content (AvgIpc) is 2.64. The van der Waals surface area contributed by atoms with E-state index < -0.39 is 0 Å². The number of hydrogen-bond acceptors (Lipinski definition) is 4. The molecule has 2 aromatic rings. The monoisotopic (exact) mass is 404 g/mol. The van der Waals surface area contributed by atoms with Crippen LogP contribution in [0.3, 0.4) is 0 Å². The van der Waals surface area contributed by atoms with E-state index in [-0.39, 0.29) is 12.5 Å². The van der Waals surface area contributed by atoms with Gasteiger partial charge in [-0.15, -0.1) is 0 Å². The summed E-state index contributed by atoms with van der Waals surface area (Å²) in [7, 11) is 0. The Kier molecular flexibility index (Phi) is 6.44. The summed E-state index contributed by atoms with van der Waals surface area (Å²) in [6.07, 6.45) is 0. The second-order valence-corrected chi connectivity index (χ2v) is 6.76. The molecule has 0 unspecified atom stereocenters. The van der Waals surface area contributed by atoms with Crippen molar-refractivity contribution < 1.29 is 14.3 Å². The number of nitrogens with zero attached hydrogens (tertiary/aromatic N) is 1. The first-order valence-electron chi connectivity index (χ1n) is 8.27. The first-order chi connectivity index (χ1) is 12.2. The van der Waals surface area contributed by atoms with Gasteiger partial charge in [0.2, 0.25) is 0 Å². The number of carbonyl (C=O) groups excluding carboxylic acids is 1. The number of morpholine rings is 1. The van der Waals surface area contributed by atoms with E-state index in [1.807, 2.05) is 48.5 Å². The molecule has 0 atom stereocenters. The zero-order chi connectivity index (χ0) is 17.5. The highest BCUT2D eigenvalue weighted by Gasteiger charge is 2.14. The molecular weight excluding hydrogens is 384 g/mol. The summed E-state index contributed by atoms with van der Waals surface area (Å²) in [5, 5.41) is 2.83. The Morgan fingerprint density at radius 1 is 1.12 bits per heavy atom. The van der Waals surface area contributed by atoms with Crippen LogP contribution in [-0.4, -0.2) is 43.7 Å². The molecule has 1 heterocycles. The number of amides is 1. The Bertz CT molecular complexity index is 700. The van der Waals surface area contributed by atoms with Gasteiger partial charge in [-0.25, -0.2) is 0 Å². The predicted octanol–water partition coefficient (Wildman–Crippen LogP) is 3.30. The third kappa shape index (κ3) is 5.56. The van der Waals surface area contributed by atoms with E-state index in [0.29, 0.717) is 0 Å². The molecule has 25 heavy (non-hydrogen) atoms. The highest BCUT2D eigenvalue weighted by molar-refractivity contribution is 9.10. The molecule has 0 saturated carbocycles. The van der Waals surface area contributed by atoms with Crippen LogP contribution < -0.4 is 10.1 Å². The second-order valence-electron chi connectivity index (χ2n) is 5.84. The van der Waals surface area contributed by atoms with Crippen molar-refractivity contribution in [3.05, 3.63) is 58.6 Å². The normalized spacial score (nSPS) is 14.9. The minimum atomic E-state index is -0.177. The van der Waals surface area contributed by atoms with Crippen LogP contribution in [0.4, 0.5) is 5.69 Å². The van der Waals surface area contributed by atoms with Gasteiger partial charge in [0.25, 0.3) is 5.91 Å². The van der Waals surface area contributed by atoms with Crippen LogP contribution >= 0.6 is 15.9 Å². The topological polar surface area (TPSA) is 50.8 Å². The number of carbonyl (C=O) groups is 1. The molecule has 0 bridgehead atoms. The molecule has 2 aromatic carbocycles. The van der Waals surface area contributed by atoms with Crippen molar-refractivity contribution in [2.24, 2.45) is 0 Å². The molecule has 132 valence electrons. The maximum absolute atomic E-state index is 12.1. The molecule has 0 aromatic heterocycles. The SMILES string of the molecule is O=C(COc1ccccc1CN1CCOCC1)Nc1ccc(Br)cc1. The number of nitrogens with one attached hydrogen (secondary N) is 1. The number of ether oxygens (including phenoxy) is 2. The highest BCUT2D eigenvalue weighted by Crippen LogP contribution is 2.20. The van der Waals surface area contributed by atoms with Crippen LogP contribution in [0.5, 0.6) is 5.75 Å². The lowest BCUT2D eigenvalue weighted by Crippen LogP contribution is -2.35. The molecular formula is C19H21BrN2O3. The maximum atomic E-state index is 12.1. The first-order valence-corrected chi connectivity index (χ1v) is 9.06. The van der Waals surface area contributed by atoms with Crippen molar-refractivity contribution in [2.45, 2.75) is 6.54 Å². The van der Waals surface area contributed by atoms with Crippen molar-refractivity contribution >= 4 is 27.5 Å². The zero-order valence-electron chi connectivity index (χ0n) is 13.9. The van der Waals surface area contributed by atoms with Crippen LogP contribution in [0.1, 0.15) is 5.56 Å². The Morgan fingerprint density at radius 3 is 2.60 bits per heavy atom. The average molecular weight is 405 g/mol. The van der Waals surface area contributed by atoms with Crippen molar-refractivity contribution in [1.82, 2.24) is 4.90 Å². The molecule has 1 aliphatic rings. The van der Waals surface area contributed by atoms with Crippen LogP contribution in [0, 0.1) is 0 Å². The largest absolute Gasteiger partial charge is 0.483 e. The molecule has 0 radical (unpaired) electrons. The Morgan fingerprint density at radius 2 is 1.84 bits per heavy atom. The third-order valence-corrected chi connectivity index (χ3v) is 4.49. The fraction of sp³-hybridized carbons (Fsp3) is 0.316. The summed E-state index contributed by atoms with van der Waals surface area (Å²) in [5.74, 6) is 0.573. The van der Waals surface area contributed by atoms with Gasteiger partial charge >= 0.3 is 0 Å². The Balaban J connectivity index is 1.55. The minimum absolute atomic E-state index is 0.0177. The van der Waals surface area contributed by atoms with Crippen LogP contribution in [0.2, 0.25) is 0 Å². The molecule has 6 heteroatoms. The van der Waals surface area contributed by atoms with Crippen molar-refractivity contribution in [1.29, 1.82) is 0 Å². The predicted molar refractivity (Wildman–Crippen MR) is 101 cm³/mol. The molecule has 0 aliphatic carbocycles. The standard InChI is InChI=1S/C19H21BrN2O3/c20-16-5-7-17(8-6-16)21-19(23)14-25-18-4-2-1-3-15(18)13-22-9-11-24-12-10-22/h1-8H,9-14H2,(H,21,23). The van der Waals surface area contributed by atoms with E-state index >= 15 is 0 Å². The summed E-state index contributed by atoms with van der Waals surface area (Å²) in [5.41, 5.74) is 1.83. The van der Waals surface area contributed by atoms with Crippen molar-refractivity contribution in [2.75, 3.05) is 38.2 Å².